The highest BCUT2D eigenvalue weighted by Gasteiger charge is 1.83. The predicted octanol–water partition coefficient (Wildman–Crippen LogP) is 4.36. The molecule has 0 heterocycles. The first-order valence-electron chi connectivity index (χ1n) is 3.14. The Kier molecular flexibility index (Phi) is 14.0. The zero-order valence-corrected chi connectivity index (χ0v) is 6.44. The molecule has 11 heavy (non-hydrogen) atoms. The Bertz CT molecular complexity index is 147. The summed E-state index contributed by atoms with van der Waals surface area (Å²) in [6.45, 7) is 9.88. The SMILES string of the molecule is C.C.C=C(C)/C(C)=C\C=C/C. The zero-order chi connectivity index (χ0) is 7.28. The third kappa shape index (κ3) is 9.22. The van der Waals surface area contributed by atoms with Gasteiger partial charge in [0.1, 0.15) is 0 Å². The van der Waals surface area contributed by atoms with E-state index >= 15 is 0 Å². The fraction of sp³-hybridized carbons (Fsp3) is 0.455. The lowest BCUT2D eigenvalue weighted by Gasteiger charge is -1.93. The van der Waals surface area contributed by atoms with Crippen LogP contribution in [0.4, 0.5) is 0 Å². The minimum absolute atomic E-state index is 0. The third-order valence-electron chi connectivity index (χ3n) is 1.21. The molecule has 0 heteroatoms. The first-order chi connectivity index (χ1) is 4.18. The standard InChI is InChI=1S/C9H14.2CH4/c1-5-6-7-9(4)8(2)3;;/h5-7H,2H2,1,3-4H3;2*1H4/b6-5-,9-7-;;. The highest BCUT2D eigenvalue weighted by molar-refractivity contribution is 5.27. The van der Waals surface area contributed by atoms with Gasteiger partial charge in [-0.1, -0.05) is 45.2 Å². The monoisotopic (exact) mass is 154 g/mol. The molecule has 0 aromatic carbocycles. The van der Waals surface area contributed by atoms with Gasteiger partial charge in [0.05, 0.1) is 0 Å². The molecule has 0 aliphatic heterocycles. The van der Waals surface area contributed by atoms with Crippen LogP contribution in [0.25, 0.3) is 0 Å². The topological polar surface area (TPSA) is 0 Å². The Morgan fingerprint density at radius 3 is 1.91 bits per heavy atom. The van der Waals surface area contributed by atoms with Crippen molar-refractivity contribution in [2.75, 3.05) is 0 Å². The number of rotatable bonds is 2. The average molecular weight is 154 g/mol. The molecule has 0 nitrogen and oxygen atoms in total. The zero-order valence-electron chi connectivity index (χ0n) is 6.44. The van der Waals surface area contributed by atoms with Crippen LogP contribution < -0.4 is 0 Å². The van der Waals surface area contributed by atoms with E-state index < -0.39 is 0 Å². The first kappa shape index (κ1) is 16.7. The second-order valence-electron chi connectivity index (χ2n) is 2.16. The van der Waals surface area contributed by atoms with E-state index in [0.29, 0.717) is 0 Å². The molecule has 0 bridgehead atoms. The molecule has 0 N–H and O–H groups in total. The molecular formula is C11H22. The molecule has 66 valence electrons. The summed E-state index contributed by atoms with van der Waals surface area (Å²) in [4.78, 5) is 0. The van der Waals surface area contributed by atoms with E-state index in [4.69, 9.17) is 0 Å². The van der Waals surface area contributed by atoms with Crippen molar-refractivity contribution in [3.05, 3.63) is 36.0 Å². The van der Waals surface area contributed by atoms with E-state index in [1.54, 1.807) is 0 Å². The van der Waals surface area contributed by atoms with Gasteiger partial charge in [-0.05, 0) is 26.3 Å². The van der Waals surface area contributed by atoms with Crippen molar-refractivity contribution in [2.45, 2.75) is 35.6 Å². The molecule has 0 aliphatic rings. The van der Waals surface area contributed by atoms with Crippen LogP contribution in [-0.2, 0) is 0 Å². The largest absolute Gasteiger partial charge is 0.0958 e. The summed E-state index contributed by atoms with van der Waals surface area (Å²) in [7, 11) is 0. The maximum absolute atomic E-state index is 3.81. The van der Waals surface area contributed by atoms with Gasteiger partial charge in [-0.15, -0.1) is 0 Å². The van der Waals surface area contributed by atoms with E-state index in [0.717, 1.165) is 5.57 Å². The van der Waals surface area contributed by atoms with E-state index in [-0.39, 0.29) is 14.9 Å². The minimum Gasteiger partial charge on any atom is -0.0958 e. The van der Waals surface area contributed by atoms with Crippen molar-refractivity contribution < 1.29 is 0 Å². The summed E-state index contributed by atoms with van der Waals surface area (Å²) in [5, 5.41) is 0. The average Bonchev–Trinajstić information content (AvgIpc) is 1.82. The van der Waals surface area contributed by atoms with Crippen LogP contribution in [0, 0.1) is 0 Å². The number of hydrogen-bond donors (Lipinski definition) is 0. The van der Waals surface area contributed by atoms with Crippen LogP contribution >= 0.6 is 0 Å². The van der Waals surface area contributed by atoms with Crippen LogP contribution in [0.5, 0.6) is 0 Å². The van der Waals surface area contributed by atoms with Crippen molar-refractivity contribution in [1.29, 1.82) is 0 Å². The molecule has 0 amide bonds. The van der Waals surface area contributed by atoms with Gasteiger partial charge in [-0.2, -0.15) is 0 Å². The molecule has 0 saturated heterocycles. The summed E-state index contributed by atoms with van der Waals surface area (Å²) in [5.74, 6) is 0. The fourth-order valence-corrected chi connectivity index (χ4v) is 0.383. The normalized spacial score (nSPS) is 10.3. The quantitative estimate of drug-likeness (QED) is 0.518. The van der Waals surface area contributed by atoms with Gasteiger partial charge in [-0.25, -0.2) is 0 Å². The highest BCUT2D eigenvalue weighted by Crippen LogP contribution is 2.03. The third-order valence-corrected chi connectivity index (χ3v) is 1.21. The molecule has 0 fully saturated rings. The Morgan fingerprint density at radius 1 is 1.18 bits per heavy atom. The molecule has 0 saturated carbocycles. The Morgan fingerprint density at radius 2 is 1.64 bits per heavy atom. The second kappa shape index (κ2) is 9.22. The smallest absolute Gasteiger partial charge is 0.0395 e. The maximum Gasteiger partial charge on any atom is -0.0395 e. The van der Waals surface area contributed by atoms with Gasteiger partial charge < -0.3 is 0 Å². The maximum atomic E-state index is 3.81. The summed E-state index contributed by atoms with van der Waals surface area (Å²) < 4.78 is 0. The number of hydrogen-bond acceptors (Lipinski definition) is 0. The summed E-state index contributed by atoms with van der Waals surface area (Å²) >= 11 is 0. The van der Waals surface area contributed by atoms with Crippen molar-refractivity contribution in [1.82, 2.24) is 0 Å². The minimum atomic E-state index is 0. The van der Waals surface area contributed by atoms with E-state index in [1.165, 1.54) is 5.57 Å². The van der Waals surface area contributed by atoms with Crippen LogP contribution in [0.3, 0.4) is 0 Å². The molecular weight excluding hydrogens is 132 g/mol. The van der Waals surface area contributed by atoms with E-state index in [9.17, 15) is 0 Å². The lowest BCUT2D eigenvalue weighted by Crippen LogP contribution is -1.72. The molecule has 0 spiro atoms. The van der Waals surface area contributed by atoms with E-state index in [2.05, 4.69) is 19.6 Å². The molecule has 0 radical (unpaired) electrons. The van der Waals surface area contributed by atoms with Crippen LogP contribution in [-0.4, -0.2) is 0 Å². The fourth-order valence-electron chi connectivity index (χ4n) is 0.383. The van der Waals surface area contributed by atoms with Gasteiger partial charge in [0.15, 0.2) is 0 Å². The first-order valence-corrected chi connectivity index (χ1v) is 3.14. The lowest BCUT2D eigenvalue weighted by atomic mass is 10.1. The van der Waals surface area contributed by atoms with Crippen LogP contribution in [0.15, 0.2) is 36.0 Å². The van der Waals surface area contributed by atoms with Crippen molar-refractivity contribution in [3.63, 3.8) is 0 Å². The van der Waals surface area contributed by atoms with Gasteiger partial charge >= 0.3 is 0 Å². The highest BCUT2D eigenvalue weighted by atomic mass is 13.9. The Hall–Kier alpha value is -0.780. The van der Waals surface area contributed by atoms with Crippen LogP contribution in [0.1, 0.15) is 35.6 Å². The van der Waals surface area contributed by atoms with Gasteiger partial charge in [-0.3, -0.25) is 0 Å². The predicted molar refractivity (Wildman–Crippen MR) is 56.8 cm³/mol. The molecule has 0 aliphatic carbocycles. The molecule has 0 atom stereocenters. The van der Waals surface area contributed by atoms with Crippen molar-refractivity contribution in [3.8, 4) is 0 Å². The number of allylic oxidation sites excluding steroid dienone is 5. The summed E-state index contributed by atoms with van der Waals surface area (Å²) in [6, 6.07) is 0. The van der Waals surface area contributed by atoms with Gasteiger partial charge in [0.25, 0.3) is 0 Å². The van der Waals surface area contributed by atoms with Crippen LogP contribution in [0.2, 0.25) is 0 Å². The summed E-state index contributed by atoms with van der Waals surface area (Å²) in [5.41, 5.74) is 2.38. The second-order valence-corrected chi connectivity index (χ2v) is 2.16. The lowest BCUT2D eigenvalue weighted by molar-refractivity contribution is 1.36. The Labute approximate surface area is 72.3 Å². The molecule has 0 unspecified atom stereocenters. The Balaban J connectivity index is -0.000000320. The van der Waals surface area contributed by atoms with Crippen molar-refractivity contribution in [2.24, 2.45) is 0 Å². The molecule has 0 aromatic rings. The van der Waals surface area contributed by atoms with Gasteiger partial charge in [0, 0.05) is 0 Å². The van der Waals surface area contributed by atoms with E-state index in [1.807, 2.05) is 26.0 Å². The van der Waals surface area contributed by atoms with Gasteiger partial charge in [0.2, 0.25) is 0 Å². The van der Waals surface area contributed by atoms with Crippen molar-refractivity contribution >= 4 is 0 Å². The molecule has 0 rings (SSSR count). The summed E-state index contributed by atoms with van der Waals surface area (Å²) in [6.07, 6.45) is 6.08. The molecule has 0 aromatic heterocycles.